The van der Waals surface area contributed by atoms with Crippen LogP contribution in [0.2, 0.25) is 0 Å². The average molecular weight is 286 g/mol. The van der Waals surface area contributed by atoms with Crippen LogP contribution in [0.5, 0.6) is 0 Å². The van der Waals surface area contributed by atoms with E-state index in [0.29, 0.717) is 18.0 Å². The van der Waals surface area contributed by atoms with Crippen molar-refractivity contribution in [2.24, 2.45) is 0 Å². The number of nitrogens with one attached hydrogen (secondary N) is 1. The molecule has 2 aromatic rings. The molecule has 1 amide bonds. The zero-order valence-corrected chi connectivity index (χ0v) is 12.0. The molecule has 5 heteroatoms. The highest BCUT2D eigenvalue weighted by Gasteiger charge is 2.18. The molecule has 21 heavy (non-hydrogen) atoms. The highest BCUT2D eigenvalue weighted by molar-refractivity contribution is 5.93. The number of benzene rings is 1. The maximum Gasteiger partial charge on any atom is 0.273 e. The van der Waals surface area contributed by atoms with E-state index in [1.807, 2.05) is 31.2 Å². The van der Waals surface area contributed by atoms with Gasteiger partial charge in [0.2, 0.25) is 0 Å². The molecule has 1 atom stereocenters. The quantitative estimate of drug-likeness (QED) is 0.938. The number of aromatic nitrogens is 1. The van der Waals surface area contributed by atoms with Crippen molar-refractivity contribution in [3.63, 3.8) is 0 Å². The smallest absolute Gasteiger partial charge is 0.273 e. The van der Waals surface area contributed by atoms with Gasteiger partial charge < -0.3 is 14.6 Å². The van der Waals surface area contributed by atoms with E-state index in [2.05, 4.69) is 10.5 Å². The fourth-order valence-electron chi connectivity index (χ4n) is 2.34. The molecule has 110 valence electrons. The van der Waals surface area contributed by atoms with E-state index < -0.39 is 0 Å². The molecule has 1 saturated heterocycles. The molecule has 0 aliphatic carbocycles. The minimum Gasteiger partial charge on any atom is -0.376 e. The molecule has 2 heterocycles. The lowest BCUT2D eigenvalue weighted by Crippen LogP contribution is -2.31. The Hall–Kier alpha value is -2.14. The van der Waals surface area contributed by atoms with Gasteiger partial charge in [-0.3, -0.25) is 4.79 Å². The predicted molar refractivity (Wildman–Crippen MR) is 78.0 cm³/mol. The van der Waals surface area contributed by atoms with Gasteiger partial charge in [-0.1, -0.05) is 35.0 Å². The van der Waals surface area contributed by atoms with Crippen LogP contribution < -0.4 is 5.32 Å². The molecule has 0 radical (unpaired) electrons. The number of carbonyl (C=O) groups excluding carboxylic acids is 1. The Labute approximate surface area is 123 Å². The summed E-state index contributed by atoms with van der Waals surface area (Å²) < 4.78 is 10.7. The van der Waals surface area contributed by atoms with Gasteiger partial charge in [-0.2, -0.15) is 0 Å². The van der Waals surface area contributed by atoms with Crippen molar-refractivity contribution in [1.82, 2.24) is 10.5 Å². The minimum absolute atomic E-state index is 0.123. The number of rotatable bonds is 4. The van der Waals surface area contributed by atoms with E-state index in [1.54, 1.807) is 6.07 Å². The zero-order chi connectivity index (χ0) is 14.7. The highest BCUT2D eigenvalue weighted by atomic mass is 16.5. The Morgan fingerprint density at radius 1 is 1.38 bits per heavy atom. The van der Waals surface area contributed by atoms with E-state index in [-0.39, 0.29) is 12.0 Å². The van der Waals surface area contributed by atoms with Crippen molar-refractivity contribution in [3.8, 4) is 11.3 Å². The van der Waals surface area contributed by atoms with Gasteiger partial charge in [0.25, 0.3) is 5.91 Å². The average Bonchev–Trinajstić information content (AvgIpc) is 3.17. The largest absolute Gasteiger partial charge is 0.376 e. The summed E-state index contributed by atoms with van der Waals surface area (Å²) >= 11 is 0. The summed E-state index contributed by atoms with van der Waals surface area (Å²) in [6.07, 6.45) is 2.17. The number of carbonyl (C=O) groups is 1. The van der Waals surface area contributed by atoms with E-state index in [4.69, 9.17) is 9.26 Å². The third kappa shape index (κ3) is 3.31. The molecule has 1 fully saturated rings. The first-order valence-electron chi connectivity index (χ1n) is 7.16. The lowest BCUT2D eigenvalue weighted by molar-refractivity contribution is 0.0850. The van der Waals surface area contributed by atoms with E-state index in [1.165, 1.54) is 5.56 Å². The predicted octanol–water partition coefficient (Wildman–Crippen LogP) is 2.56. The maximum absolute atomic E-state index is 12.0. The van der Waals surface area contributed by atoms with Crippen molar-refractivity contribution in [2.45, 2.75) is 25.9 Å². The van der Waals surface area contributed by atoms with Crippen LogP contribution in [0, 0.1) is 6.92 Å². The Balaban J connectivity index is 1.63. The van der Waals surface area contributed by atoms with Gasteiger partial charge in [-0.25, -0.2) is 0 Å². The summed E-state index contributed by atoms with van der Waals surface area (Å²) in [6.45, 7) is 3.32. The molecule has 0 unspecified atom stereocenters. The molecular formula is C16H18N2O3. The first kappa shape index (κ1) is 13.8. The first-order chi connectivity index (χ1) is 10.2. The van der Waals surface area contributed by atoms with Crippen molar-refractivity contribution < 1.29 is 14.1 Å². The molecule has 1 aromatic heterocycles. The van der Waals surface area contributed by atoms with Gasteiger partial charge in [-0.05, 0) is 19.8 Å². The fourth-order valence-corrected chi connectivity index (χ4v) is 2.34. The van der Waals surface area contributed by atoms with Crippen LogP contribution in [-0.4, -0.2) is 30.3 Å². The van der Waals surface area contributed by atoms with Crippen LogP contribution in [0.25, 0.3) is 11.3 Å². The molecule has 1 aliphatic rings. The molecule has 0 spiro atoms. The van der Waals surface area contributed by atoms with Crippen molar-refractivity contribution in [1.29, 1.82) is 0 Å². The van der Waals surface area contributed by atoms with Gasteiger partial charge in [0.05, 0.1) is 6.10 Å². The Kier molecular flexibility index (Phi) is 4.01. The van der Waals surface area contributed by atoms with Crippen molar-refractivity contribution in [3.05, 3.63) is 41.6 Å². The number of amides is 1. The lowest BCUT2D eigenvalue weighted by atomic mass is 10.1. The second-order valence-corrected chi connectivity index (χ2v) is 5.29. The third-order valence-corrected chi connectivity index (χ3v) is 3.59. The van der Waals surface area contributed by atoms with Crippen molar-refractivity contribution >= 4 is 5.91 Å². The second kappa shape index (κ2) is 6.10. The Bertz CT molecular complexity index is 613. The number of hydrogen-bond donors (Lipinski definition) is 1. The van der Waals surface area contributed by atoms with E-state index in [0.717, 1.165) is 25.0 Å². The summed E-state index contributed by atoms with van der Waals surface area (Å²) in [5.74, 6) is 0.366. The zero-order valence-electron chi connectivity index (χ0n) is 12.0. The van der Waals surface area contributed by atoms with Crippen LogP contribution >= 0.6 is 0 Å². The van der Waals surface area contributed by atoms with Crippen LogP contribution in [0.4, 0.5) is 0 Å². The van der Waals surface area contributed by atoms with Gasteiger partial charge in [0.1, 0.15) is 0 Å². The second-order valence-electron chi connectivity index (χ2n) is 5.29. The standard InChI is InChI=1S/C16H18N2O3/c1-11-4-6-12(7-5-11)15-9-14(18-21-15)16(19)17-10-13-3-2-8-20-13/h4-7,9,13H,2-3,8,10H2,1H3,(H,17,19)/t13-/m0/s1. The van der Waals surface area contributed by atoms with Gasteiger partial charge >= 0.3 is 0 Å². The molecule has 1 aromatic carbocycles. The summed E-state index contributed by atoms with van der Waals surface area (Å²) in [7, 11) is 0. The van der Waals surface area contributed by atoms with Crippen molar-refractivity contribution in [2.75, 3.05) is 13.2 Å². The molecule has 5 nitrogen and oxygen atoms in total. The molecule has 0 bridgehead atoms. The first-order valence-corrected chi connectivity index (χ1v) is 7.16. The fraction of sp³-hybridized carbons (Fsp3) is 0.375. The Morgan fingerprint density at radius 3 is 2.90 bits per heavy atom. The van der Waals surface area contributed by atoms with Gasteiger partial charge in [0, 0.05) is 24.8 Å². The molecule has 1 aliphatic heterocycles. The summed E-state index contributed by atoms with van der Waals surface area (Å²) in [4.78, 5) is 12.0. The Morgan fingerprint density at radius 2 is 2.19 bits per heavy atom. The highest BCUT2D eigenvalue weighted by Crippen LogP contribution is 2.20. The van der Waals surface area contributed by atoms with E-state index in [9.17, 15) is 4.79 Å². The molecule has 1 N–H and O–H groups in total. The van der Waals surface area contributed by atoms with E-state index >= 15 is 0 Å². The minimum atomic E-state index is -0.229. The number of aryl methyl sites for hydroxylation is 1. The monoisotopic (exact) mass is 286 g/mol. The number of ether oxygens (including phenoxy) is 1. The maximum atomic E-state index is 12.0. The normalized spacial score (nSPS) is 17.9. The SMILES string of the molecule is Cc1ccc(-c2cc(C(=O)NC[C@@H]3CCCO3)no2)cc1. The number of hydrogen-bond acceptors (Lipinski definition) is 4. The molecule has 0 saturated carbocycles. The summed E-state index contributed by atoms with van der Waals surface area (Å²) in [5.41, 5.74) is 2.38. The topological polar surface area (TPSA) is 64.4 Å². The lowest BCUT2D eigenvalue weighted by Gasteiger charge is -2.09. The van der Waals surface area contributed by atoms with Crippen LogP contribution in [0.1, 0.15) is 28.9 Å². The van der Waals surface area contributed by atoms with Gasteiger partial charge in [-0.15, -0.1) is 0 Å². The molecule has 3 rings (SSSR count). The third-order valence-electron chi connectivity index (χ3n) is 3.59. The summed E-state index contributed by atoms with van der Waals surface area (Å²) in [5, 5.41) is 6.66. The summed E-state index contributed by atoms with van der Waals surface area (Å²) in [6, 6.07) is 9.55. The van der Waals surface area contributed by atoms with Crippen LogP contribution in [0.3, 0.4) is 0 Å². The van der Waals surface area contributed by atoms with Gasteiger partial charge in [0.15, 0.2) is 11.5 Å². The van der Waals surface area contributed by atoms with Crippen LogP contribution in [-0.2, 0) is 4.74 Å². The van der Waals surface area contributed by atoms with Crippen LogP contribution in [0.15, 0.2) is 34.9 Å². The number of nitrogens with zero attached hydrogens (tertiary/aromatic N) is 1. The molecular weight excluding hydrogens is 268 g/mol.